The maximum atomic E-state index is 10.2. The molecule has 0 saturated heterocycles. The highest BCUT2D eigenvalue weighted by Crippen LogP contribution is 2.13. The van der Waals surface area contributed by atoms with E-state index in [9.17, 15) is 5.11 Å². The Bertz CT molecular complexity index is 614. The molecule has 23 heavy (non-hydrogen) atoms. The molecule has 1 aliphatic heterocycles. The van der Waals surface area contributed by atoms with Gasteiger partial charge in [0.2, 0.25) is 0 Å². The van der Waals surface area contributed by atoms with Gasteiger partial charge in [-0.3, -0.25) is 4.90 Å². The van der Waals surface area contributed by atoms with E-state index in [-0.39, 0.29) is 0 Å². The monoisotopic (exact) mass is 316 g/mol. The van der Waals surface area contributed by atoms with Crippen LogP contribution in [0.3, 0.4) is 0 Å². The zero-order valence-electron chi connectivity index (χ0n) is 13.6. The number of aliphatic hydroxyl groups excluding tert-OH is 1. The quantitative estimate of drug-likeness (QED) is 0.832. The van der Waals surface area contributed by atoms with Crippen molar-refractivity contribution in [2.75, 3.05) is 19.7 Å². The van der Waals surface area contributed by atoms with Gasteiger partial charge in [0, 0.05) is 26.1 Å². The lowest BCUT2D eigenvalue weighted by molar-refractivity contribution is 0.00535. The predicted octanol–water partition coefficient (Wildman–Crippen LogP) is 1.23. The van der Waals surface area contributed by atoms with E-state index < -0.39 is 6.10 Å². The van der Waals surface area contributed by atoms with Crippen LogP contribution in [0, 0.1) is 0 Å². The Morgan fingerprint density at radius 3 is 2.83 bits per heavy atom. The molecule has 0 spiro atoms. The Hall–Kier alpha value is -1.76. The molecule has 1 atom stereocenters. The molecule has 1 unspecified atom stereocenters. The number of hydrogen-bond donors (Lipinski definition) is 1. The highest BCUT2D eigenvalue weighted by atomic mass is 16.5. The van der Waals surface area contributed by atoms with Gasteiger partial charge in [-0.1, -0.05) is 37.3 Å². The molecule has 1 aromatic heterocycles. The van der Waals surface area contributed by atoms with Crippen LogP contribution in [0.25, 0.3) is 0 Å². The number of β-amino-alcohol motifs (C(OH)–C–C–N with tert-alkyl or cyclic N) is 1. The maximum absolute atomic E-state index is 10.2. The standard InChI is InChI=1S/C17H24N4O2/c1-2-16-18-19-17-11-20(8-9-21(16)17)10-15(22)13-23-12-14-6-4-3-5-7-14/h3-7,15,22H,2,8-13H2,1H3. The zero-order chi connectivity index (χ0) is 16.1. The summed E-state index contributed by atoms with van der Waals surface area (Å²) >= 11 is 0. The molecule has 6 heteroatoms. The number of rotatable bonds is 7. The Kier molecular flexibility index (Phi) is 5.38. The highest BCUT2D eigenvalue weighted by Gasteiger charge is 2.22. The van der Waals surface area contributed by atoms with E-state index in [1.807, 2.05) is 30.3 Å². The summed E-state index contributed by atoms with van der Waals surface area (Å²) in [6, 6.07) is 10.0. The summed E-state index contributed by atoms with van der Waals surface area (Å²) in [5.74, 6) is 2.04. The van der Waals surface area contributed by atoms with E-state index >= 15 is 0 Å². The van der Waals surface area contributed by atoms with Crippen LogP contribution >= 0.6 is 0 Å². The van der Waals surface area contributed by atoms with Gasteiger partial charge in [0.05, 0.1) is 25.9 Å². The lowest BCUT2D eigenvalue weighted by atomic mass is 10.2. The minimum Gasteiger partial charge on any atom is -0.389 e. The molecule has 0 saturated carbocycles. The first-order valence-electron chi connectivity index (χ1n) is 8.19. The summed E-state index contributed by atoms with van der Waals surface area (Å²) in [4.78, 5) is 2.21. The molecule has 0 radical (unpaired) electrons. The Balaban J connectivity index is 1.43. The zero-order valence-corrected chi connectivity index (χ0v) is 13.6. The fourth-order valence-electron chi connectivity index (χ4n) is 2.92. The molecule has 0 bridgehead atoms. The highest BCUT2D eigenvalue weighted by molar-refractivity contribution is 5.13. The van der Waals surface area contributed by atoms with E-state index in [0.29, 0.717) is 19.8 Å². The summed E-state index contributed by atoms with van der Waals surface area (Å²) in [5.41, 5.74) is 1.12. The molecule has 1 aliphatic rings. The van der Waals surface area contributed by atoms with Crippen molar-refractivity contribution in [3.05, 3.63) is 47.5 Å². The fraction of sp³-hybridized carbons (Fsp3) is 0.529. The van der Waals surface area contributed by atoms with Gasteiger partial charge in [-0.2, -0.15) is 0 Å². The number of ether oxygens (including phenoxy) is 1. The van der Waals surface area contributed by atoms with Gasteiger partial charge in [0.25, 0.3) is 0 Å². The lowest BCUT2D eigenvalue weighted by Gasteiger charge is -2.29. The smallest absolute Gasteiger partial charge is 0.147 e. The average molecular weight is 316 g/mol. The van der Waals surface area contributed by atoms with Gasteiger partial charge >= 0.3 is 0 Å². The first-order chi connectivity index (χ1) is 11.3. The second kappa shape index (κ2) is 7.68. The van der Waals surface area contributed by atoms with Crippen molar-refractivity contribution in [2.45, 2.75) is 39.1 Å². The van der Waals surface area contributed by atoms with Crippen molar-refractivity contribution in [1.29, 1.82) is 0 Å². The van der Waals surface area contributed by atoms with E-state index in [4.69, 9.17) is 4.74 Å². The third-order valence-corrected chi connectivity index (χ3v) is 4.12. The van der Waals surface area contributed by atoms with Gasteiger partial charge in [-0.05, 0) is 5.56 Å². The number of benzene rings is 1. The number of aryl methyl sites for hydroxylation is 1. The number of hydrogen-bond acceptors (Lipinski definition) is 5. The largest absolute Gasteiger partial charge is 0.389 e. The number of aliphatic hydroxyl groups is 1. The van der Waals surface area contributed by atoms with Crippen LogP contribution in [0.4, 0.5) is 0 Å². The molecule has 124 valence electrons. The Labute approximate surface area is 136 Å². The van der Waals surface area contributed by atoms with Crippen LogP contribution in [-0.4, -0.2) is 50.6 Å². The molecule has 1 aromatic carbocycles. The number of aromatic nitrogens is 3. The number of nitrogens with zero attached hydrogens (tertiary/aromatic N) is 4. The molecule has 0 fully saturated rings. The summed E-state index contributed by atoms with van der Waals surface area (Å²) in [5, 5.41) is 18.6. The van der Waals surface area contributed by atoms with Crippen LogP contribution < -0.4 is 0 Å². The summed E-state index contributed by atoms with van der Waals surface area (Å²) in [7, 11) is 0. The SMILES string of the molecule is CCc1nnc2n1CCN(CC(O)COCc1ccccc1)C2. The first-order valence-corrected chi connectivity index (χ1v) is 8.19. The molecule has 0 aliphatic carbocycles. The second-order valence-electron chi connectivity index (χ2n) is 5.93. The van der Waals surface area contributed by atoms with Crippen molar-refractivity contribution >= 4 is 0 Å². The van der Waals surface area contributed by atoms with E-state index in [1.165, 1.54) is 0 Å². The van der Waals surface area contributed by atoms with Gasteiger partial charge in [0.15, 0.2) is 0 Å². The molecule has 3 rings (SSSR count). The third-order valence-electron chi connectivity index (χ3n) is 4.12. The topological polar surface area (TPSA) is 63.4 Å². The van der Waals surface area contributed by atoms with Crippen LogP contribution in [0.5, 0.6) is 0 Å². The van der Waals surface area contributed by atoms with Crippen LogP contribution in [0.2, 0.25) is 0 Å². The molecule has 2 aromatic rings. The average Bonchev–Trinajstić information content (AvgIpc) is 2.98. The van der Waals surface area contributed by atoms with Crippen LogP contribution in [0.1, 0.15) is 24.1 Å². The van der Waals surface area contributed by atoms with E-state index in [2.05, 4.69) is 26.6 Å². The minimum absolute atomic E-state index is 0.346. The fourth-order valence-corrected chi connectivity index (χ4v) is 2.92. The van der Waals surface area contributed by atoms with Gasteiger partial charge < -0.3 is 14.4 Å². The van der Waals surface area contributed by atoms with Crippen molar-refractivity contribution in [1.82, 2.24) is 19.7 Å². The van der Waals surface area contributed by atoms with Crippen LogP contribution in [0.15, 0.2) is 30.3 Å². The van der Waals surface area contributed by atoms with Gasteiger partial charge in [0.1, 0.15) is 11.6 Å². The Morgan fingerprint density at radius 1 is 1.22 bits per heavy atom. The van der Waals surface area contributed by atoms with Crippen molar-refractivity contribution in [3.63, 3.8) is 0 Å². The molecule has 2 heterocycles. The molecule has 0 amide bonds. The molecular weight excluding hydrogens is 292 g/mol. The van der Waals surface area contributed by atoms with Crippen molar-refractivity contribution in [2.24, 2.45) is 0 Å². The number of fused-ring (bicyclic) bond motifs is 1. The second-order valence-corrected chi connectivity index (χ2v) is 5.93. The maximum Gasteiger partial charge on any atom is 0.147 e. The lowest BCUT2D eigenvalue weighted by Crippen LogP contribution is -2.40. The van der Waals surface area contributed by atoms with Crippen molar-refractivity contribution < 1.29 is 9.84 Å². The van der Waals surface area contributed by atoms with E-state index in [1.54, 1.807) is 0 Å². The van der Waals surface area contributed by atoms with Gasteiger partial charge in [-0.25, -0.2) is 0 Å². The summed E-state index contributed by atoms with van der Waals surface area (Å²) in [6.45, 7) is 6.12. The normalized spacial score (nSPS) is 16.3. The predicted molar refractivity (Wildman–Crippen MR) is 86.8 cm³/mol. The summed E-state index contributed by atoms with van der Waals surface area (Å²) in [6.07, 6.45) is 0.419. The van der Waals surface area contributed by atoms with Crippen LogP contribution in [-0.2, 0) is 30.9 Å². The Morgan fingerprint density at radius 2 is 2.04 bits per heavy atom. The minimum atomic E-state index is -0.487. The van der Waals surface area contributed by atoms with E-state index in [0.717, 1.165) is 43.3 Å². The molecule has 1 N–H and O–H groups in total. The first kappa shape index (κ1) is 16.1. The summed E-state index contributed by atoms with van der Waals surface area (Å²) < 4.78 is 7.79. The third kappa shape index (κ3) is 4.16. The van der Waals surface area contributed by atoms with Gasteiger partial charge in [-0.15, -0.1) is 10.2 Å². The molecule has 6 nitrogen and oxygen atoms in total. The molecular formula is C17H24N4O2. The van der Waals surface area contributed by atoms with Crippen molar-refractivity contribution in [3.8, 4) is 0 Å².